The molecule has 0 aliphatic rings. The first-order valence-electron chi connectivity index (χ1n) is 8.11. The van der Waals surface area contributed by atoms with Crippen LogP contribution in [0, 0.1) is 5.92 Å². The fraction of sp³-hybridized carbons (Fsp3) is 0.350. The van der Waals surface area contributed by atoms with E-state index in [2.05, 4.69) is 0 Å². The van der Waals surface area contributed by atoms with Crippen LogP contribution in [-0.2, 0) is 16.1 Å². The zero-order valence-electron chi connectivity index (χ0n) is 13.8. The summed E-state index contributed by atoms with van der Waals surface area (Å²) in [6.45, 7) is 5.03. The number of rotatable bonds is 9. The topological polar surface area (TPSA) is 35.5 Å². The maximum absolute atomic E-state index is 11.5. The molecule has 2 aromatic carbocycles. The first-order valence-corrected chi connectivity index (χ1v) is 8.11. The Morgan fingerprint density at radius 2 is 1.65 bits per heavy atom. The predicted octanol–water partition coefficient (Wildman–Crippen LogP) is 5.00. The molecule has 2 rings (SSSR count). The molecule has 0 bridgehead atoms. The van der Waals surface area contributed by atoms with Crippen LogP contribution in [0.25, 0.3) is 0 Å². The average Bonchev–Trinajstić information content (AvgIpc) is 2.60. The molecule has 1 unspecified atom stereocenters. The van der Waals surface area contributed by atoms with Crippen LogP contribution in [-0.4, -0.2) is 12.4 Å². The second-order valence-electron chi connectivity index (χ2n) is 5.62. The van der Waals surface area contributed by atoms with Gasteiger partial charge in [0.2, 0.25) is 0 Å². The van der Waals surface area contributed by atoms with Crippen molar-refractivity contribution in [2.24, 2.45) is 5.92 Å². The van der Waals surface area contributed by atoms with Gasteiger partial charge in [-0.2, -0.15) is 0 Å². The van der Waals surface area contributed by atoms with E-state index in [1.165, 1.54) is 0 Å². The summed E-state index contributed by atoms with van der Waals surface area (Å²) in [5, 5.41) is 0. The SMILES string of the molecule is CCC(=O)C(C)CCOCc1ccc(Oc2ccccc2)cc1. The molecule has 3 heteroatoms. The smallest absolute Gasteiger partial charge is 0.135 e. The van der Waals surface area contributed by atoms with Crippen molar-refractivity contribution in [3.05, 3.63) is 60.2 Å². The molecule has 0 radical (unpaired) electrons. The van der Waals surface area contributed by atoms with E-state index in [0.717, 1.165) is 23.5 Å². The number of hydrogen-bond acceptors (Lipinski definition) is 3. The van der Waals surface area contributed by atoms with E-state index in [9.17, 15) is 4.79 Å². The lowest BCUT2D eigenvalue weighted by molar-refractivity contribution is -0.122. The molecule has 0 saturated carbocycles. The van der Waals surface area contributed by atoms with Gasteiger partial charge in [-0.25, -0.2) is 0 Å². The summed E-state index contributed by atoms with van der Waals surface area (Å²) in [5.74, 6) is 2.02. The number of carbonyl (C=O) groups is 1. The third kappa shape index (κ3) is 5.87. The van der Waals surface area contributed by atoms with Crippen LogP contribution in [0.4, 0.5) is 0 Å². The maximum Gasteiger partial charge on any atom is 0.135 e. The van der Waals surface area contributed by atoms with E-state index in [1.807, 2.05) is 68.4 Å². The Morgan fingerprint density at radius 3 is 2.30 bits per heavy atom. The summed E-state index contributed by atoms with van der Waals surface area (Å²) >= 11 is 0. The van der Waals surface area contributed by atoms with E-state index < -0.39 is 0 Å². The van der Waals surface area contributed by atoms with E-state index in [1.54, 1.807) is 0 Å². The van der Waals surface area contributed by atoms with Crippen LogP contribution >= 0.6 is 0 Å². The van der Waals surface area contributed by atoms with Crippen molar-refractivity contribution >= 4 is 5.78 Å². The van der Waals surface area contributed by atoms with Gasteiger partial charge in [0.1, 0.15) is 17.3 Å². The average molecular weight is 312 g/mol. The predicted molar refractivity (Wildman–Crippen MR) is 91.7 cm³/mol. The fourth-order valence-corrected chi connectivity index (χ4v) is 2.24. The van der Waals surface area contributed by atoms with Crippen molar-refractivity contribution in [1.82, 2.24) is 0 Å². The monoisotopic (exact) mass is 312 g/mol. The van der Waals surface area contributed by atoms with Crippen LogP contribution in [0.1, 0.15) is 32.3 Å². The van der Waals surface area contributed by atoms with Crippen molar-refractivity contribution in [3.63, 3.8) is 0 Å². The van der Waals surface area contributed by atoms with Crippen LogP contribution in [0.5, 0.6) is 11.5 Å². The van der Waals surface area contributed by atoms with Crippen molar-refractivity contribution in [2.45, 2.75) is 33.3 Å². The number of ether oxygens (including phenoxy) is 2. The standard InChI is InChI=1S/C20H24O3/c1-3-20(21)16(2)13-14-22-15-17-9-11-19(12-10-17)23-18-7-5-4-6-8-18/h4-12,16H,3,13-15H2,1-2H3. The number of Topliss-reactive ketones (excluding diaryl/α,β-unsaturated/α-hetero) is 1. The minimum atomic E-state index is 0.0849. The third-order valence-corrected chi connectivity index (χ3v) is 3.76. The van der Waals surface area contributed by atoms with E-state index in [-0.39, 0.29) is 5.92 Å². The summed E-state index contributed by atoms with van der Waals surface area (Å²) < 4.78 is 11.4. The molecular formula is C20H24O3. The fourth-order valence-electron chi connectivity index (χ4n) is 2.24. The summed E-state index contributed by atoms with van der Waals surface area (Å²) in [6.07, 6.45) is 1.38. The molecule has 0 aliphatic heterocycles. The van der Waals surface area contributed by atoms with Crippen molar-refractivity contribution in [2.75, 3.05) is 6.61 Å². The minimum absolute atomic E-state index is 0.0849. The zero-order valence-corrected chi connectivity index (χ0v) is 13.8. The second-order valence-corrected chi connectivity index (χ2v) is 5.62. The van der Waals surface area contributed by atoms with Gasteiger partial charge in [0.25, 0.3) is 0 Å². The van der Waals surface area contributed by atoms with Crippen LogP contribution in [0.15, 0.2) is 54.6 Å². The summed E-state index contributed by atoms with van der Waals surface area (Å²) in [5.41, 5.74) is 1.10. The van der Waals surface area contributed by atoms with Gasteiger partial charge >= 0.3 is 0 Å². The molecule has 1 atom stereocenters. The largest absolute Gasteiger partial charge is 0.457 e. The first kappa shape index (κ1) is 17.2. The Balaban J connectivity index is 1.74. The Morgan fingerprint density at radius 1 is 1.00 bits per heavy atom. The lowest BCUT2D eigenvalue weighted by atomic mass is 10.0. The quantitative estimate of drug-likeness (QED) is 0.611. The summed E-state index contributed by atoms with van der Waals surface area (Å²) in [4.78, 5) is 11.5. The normalized spacial score (nSPS) is 11.9. The van der Waals surface area contributed by atoms with E-state index in [4.69, 9.17) is 9.47 Å². The Bertz CT molecular complexity index is 590. The van der Waals surface area contributed by atoms with Gasteiger partial charge in [0.05, 0.1) is 6.61 Å². The van der Waals surface area contributed by atoms with Gasteiger partial charge in [-0.3, -0.25) is 4.79 Å². The first-order chi connectivity index (χ1) is 11.2. The van der Waals surface area contributed by atoms with Gasteiger partial charge < -0.3 is 9.47 Å². The highest BCUT2D eigenvalue weighted by molar-refractivity contribution is 5.80. The lowest BCUT2D eigenvalue weighted by Crippen LogP contribution is -2.12. The van der Waals surface area contributed by atoms with E-state index >= 15 is 0 Å². The van der Waals surface area contributed by atoms with Gasteiger partial charge in [0, 0.05) is 18.9 Å². The number of ketones is 1. The molecule has 3 nitrogen and oxygen atoms in total. The van der Waals surface area contributed by atoms with Crippen molar-refractivity contribution < 1.29 is 14.3 Å². The van der Waals surface area contributed by atoms with Crippen molar-refractivity contribution in [3.8, 4) is 11.5 Å². The molecule has 122 valence electrons. The molecule has 0 fully saturated rings. The Kier molecular flexibility index (Phi) is 6.82. The number of carbonyl (C=O) groups excluding carboxylic acids is 1. The van der Waals surface area contributed by atoms with Gasteiger partial charge in [0.15, 0.2) is 0 Å². The molecular weight excluding hydrogens is 288 g/mol. The number of hydrogen-bond donors (Lipinski definition) is 0. The molecule has 0 aliphatic carbocycles. The molecule has 23 heavy (non-hydrogen) atoms. The van der Waals surface area contributed by atoms with Gasteiger partial charge in [-0.15, -0.1) is 0 Å². The number of para-hydroxylation sites is 1. The second kappa shape index (κ2) is 9.11. The zero-order chi connectivity index (χ0) is 16.5. The van der Waals surface area contributed by atoms with Crippen LogP contribution < -0.4 is 4.74 Å². The summed E-state index contributed by atoms with van der Waals surface area (Å²) in [7, 11) is 0. The van der Waals surface area contributed by atoms with Gasteiger partial charge in [-0.1, -0.05) is 44.2 Å². The molecule has 2 aromatic rings. The molecule has 0 saturated heterocycles. The Hall–Kier alpha value is -2.13. The van der Waals surface area contributed by atoms with Gasteiger partial charge in [-0.05, 0) is 36.2 Å². The van der Waals surface area contributed by atoms with E-state index in [0.29, 0.717) is 25.4 Å². The molecule has 0 heterocycles. The van der Waals surface area contributed by atoms with Crippen LogP contribution in [0.2, 0.25) is 0 Å². The van der Waals surface area contributed by atoms with Crippen LogP contribution in [0.3, 0.4) is 0 Å². The minimum Gasteiger partial charge on any atom is -0.457 e. The van der Waals surface area contributed by atoms with Crippen molar-refractivity contribution in [1.29, 1.82) is 0 Å². The molecule has 0 spiro atoms. The highest BCUT2D eigenvalue weighted by Gasteiger charge is 2.09. The molecule has 0 amide bonds. The summed E-state index contributed by atoms with van der Waals surface area (Å²) in [6, 6.07) is 17.6. The number of benzene rings is 2. The molecule has 0 aromatic heterocycles. The maximum atomic E-state index is 11.5. The highest BCUT2D eigenvalue weighted by atomic mass is 16.5. The highest BCUT2D eigenvalue weighted by Crippen LogP contribution is 2.21. The lowest BCUT2D eigenvalue weighted by Gasteiger charge is -2.10. The molecule has 0 N–H and O–H groups in total. The third-order valence-electron chi connectivity index (χ3n) is 3.76. The Labute approximate surface area is 138 Å².